The number of halogens is 2. The van der Waals surface area contributed by atoms with E-state index in [1.54, 1.807) is 12.1 Å². The molecule has 0 bridgehead atoms. The molecule has 0 unspecified atom stereocenters. The maximum Gasteiger partial charge on any atom is 0.335 e. The first-order chi connectivity index (χ1) is 10.4. The molecule has 8 heteroatoms. The topological polar surface area (TPSA) is 102 Å². The second kappa shape index (κ2) is 6.55. The van der Waals surface area contributed by atoms with E-state index in [2.05, 4.69) is 10.5 Å². The summed E-state index contributed by atoms with van der Waals surface area (Å²) in [5.41, 5.74) is 3.37. The normalized spacial score (nSPS) is 10.8. The number of hydrogen-bond acceptors (Lipinski definition) is 5. The maximum absolute atomic E-state index is 10.8. The first-order valence-electron chi connectivity index (χ1n) is 5.92. The third-order valence-electron chi connectivity index (χ3n) is 2.70. The summed E-state index contributed by atoms with van der Waals surface area (Å²) in [6.45, 7) is 0. The number of aromatic carboxylic acids is 1. The first kappa shape index (κ1) is 15.9. The fourth-order valence-electron chi connectivity index (χ4n) is 1.61. The van der Waals surface area contributed by atoms with E-state index in [-0.39, 0.29) is 26.9 Å². The van der Waals surface area contributed by atoms with Gasteiger partial charge in [-0.1, -0.05) is 29.3 Å². The van der Waals surface area contributed by atoms with Gasteiger partial charge >= 0.3 is 5.97 Å². The van der Waals surface area contributed by atoms with E-state index in [0.717, 1.165) is 0 Å². The molecule has 2 aromatic carbocycles. The predicted molar refractivity (Wildman–Crippen MR) is 84.4 cm³/mol. The molecule has 0 aliphatic carbocycles. The van der Waals surface area contributed by atoms with Gasteiger partial charge in [0.15, 0.2) is 5.75 Å². The van der Waals surface area contributed by atoms with Gasteiger partial charge in [-0.2, -0.15) is 5.10 Å². The van der Waals surface area contributed by atoms with Crippen LogP contribution in [0.5, 0.6) is 11.5 Å². The number of benzene rings is 2. The maximum atomic E-state index is 10.8. The van der Waals surface area contributed by atoms with Crippen LogP contribution in [0.15, 0.2) is 35.4 Å². The Labute approximate surface area is 135 Å². The molecule has 6 nitrogen and oxygen atoms in total. The fraction of sp³-hybridized carbons (Fsp3) is 0. The van der Waals surface area contributed by atoms with Crippen LogP contribution >= 0.6 is 23.2 Å². The zero-order chi connectivity index (χ0) is 16.3. The van der Waals surface area contributed by atoms with Crippen LogP contribution in [-0.2, 0) is 0 Å². The minimum absolute atomic E-state index is 0.0304. The van der Waals surface area contributed by atoms with Gasteiger partial charge in [0, 0.05) is 5.56 Å². The van der Waals surface area contributed by atoms with Crippen molar-refractivity contribution in [1.82, 2.24) is 0 Å². The van der Waals surface area contributed by atoms with Gasteiger partial charge in [-0.3, -0.25) is 5.43 Å². The van der Waals surface area contributed by atoms with Crippen molar-refractivity contribution in [2.75, 3.05) is 5.43 Å². The van der Waals surface area contributed by atoms with E-state index in [0.29, 0.717) is 5.69 Å². The standard InChI is InChI=1S/C14H10Cl2N2O4/c15-10-5-8(12(19)11(16)13(10)20)6-17-18-9-3-1-2-7(4-9)14(21)22/h1-6,18-20H,(H,21,22)/b17-6+. The summed E-state index contributed by atoms with van der Waals surface area (Å²) in [4.78, 5) is 10.8. The highest BCUT2D eigenvalue weighted by Crippen LogP contribution is 2.40. The quantitative estimate of drug-likeness (QED) is 0.503. The highest BCUT2D eigenvalue weighted by Gasteiger charge is 2.13. The molecule has 0 amide bonds. The number of phenols is 2. The lowest BCUT2D eigenvalue weighted by atomic mass is 10.2. The molecule has 0 aliphatic rings. The van der Waals surface area contributed by atoms with Gasteiger partial charge in [0.2, 0.25) is 0 Å². The van der Waals surface area contributed by atoms with Crippen LogP contribution in [0.1, 0.15) is 15.9 Å². The van der Waals surface area contributed by atoms with Gasteiger partial charge in [0.25, 0.3) is 0 Å². The SMILES string of the molecule is O=C(O)c1cccc(N/N=C/c2cc(Cl)c(O)c(Cl)c2O)c1. The zero-order valence-corrected chi connectivity index (χ0v) is 12.4. The number of phenolic OH excluding ortho intramolecular Hbond substituents is 2. The molecule has 2 aromatic rings. The molecule has 0 atom stereocenters. The number of nitrogens with one attached hydrogen (secondary N) is 1. The van der Waals surface area contributed by atoms with Gasteiger partial charge in [0.1, 0.15) is 10.8 Å². The number of nitrogens with zero attached hydrogens (tertiary/aromatic N) is 1. The number of hydrazone groups is 1. The van der Waals surface area contributed by atoms with Crippen LogP contribution in [0.4, 0.5) is 5.69 Å². The summed E-state index contributed by atoms with van der Waals surface area (Å²) in [5.74, 6) is -1.84. The van der Waals surface area contributed by atoms with E-state index in [4.69, 9.17) is 28.3 Å². The van der Waals surface area contributed by atoms with Crippen molar-refractivity contribution in [3.8, 4) is 11.5 Å². The Morgan fingerprint density at radius 3 is 2.59 bits per heavy atom. The highest BCUT2D eigenvalue weighted by atomic mass is 35.5. The average molecular weight is 341 g/mol. The van der Waals surface area contributed by atoms with Crippen LogP contribution in [-0.4, -0.2) is 27.5 Å². The number of rotatable bonds is 4. The Kier molecular flexibility index (Phi) is 4.75. The minimum Gasteiger partial charge on any atom is -0.506 e. The van der Waals surface area contributed by atoms with Crippen molar-refractivity contribution in [3.63, 3.8) is 0 Å². The summed E-state index contributed by atoms with van der Waals surface area (Å²) in [5, 5.41) is 31.7. The van der Waals surface area contributed by atoms with Crippen molar-refractivity contribution in [2.24, 2.45) is 5.10 Å². The Balaban J connectivity index is 2.20. The molecule has 0 saturated heterocycles. The molecule has 0 saturated carbocycles. The Bertz CT molecular complexity index is 763. The van der Waals surface area contributed by atoms with Gasteiger partial charge < -0.3 is 15.3 Å². The number of carbonyl (C=O) groups is 1. The van der Waals surface area contributed by atoms with Gasteiger partial charge in [-0.05, 0) is 24.3 Å². The van der Waals surface area contributed by atoms with Crippen molar-refractivity contribution < 1.29 is 20.1 Å². The lowest BCUT2D eigenvalue weighted by molar-refractivity contribution is 0.0697. The lowest BCUT2D eigenvalue weighted by Crippen LogP contribution is -1.97. The molecule has 2 rings (SSSR count). The summed E-state index contributed by atoms with van der Waals surface area (Å²) in [6, 6.07) is 7.32. The molecular formula is C14H10Cl2N2O4. The van der Waals surface area contributed by atoms with Crippen LogP contribution in [0.3, 0.4) is 0 Å². The van der Waals surface area contributed by atoms with Gasteiger partial charge in [-0.15, -0.1) is 0 Å². The third-order valence-corrected chi connectivity index (χ3v) is 3.35. The number of anilines is 1. The van der Waals surface area contributed by atoms with Crippen molar-refractivity contribution in [2.45, 2.75) is 0 Å². The largest absolute Gasteiger partial charge is 0.506 e. The molecule has 0 spiro atoms. The first-order valence-corrected chi connectivity index (χ1v) is 6.68. The Hall–Kier alpha value is -2.44. The van der Waals surface area contributed by atoms with Crippen LogP contribution in [0.2, 0.25) is 10.0 Å². The van der Waals surface area contributed by atoms with Crippen LogP contribution in [0, 0.1) is 0 Å². The summed E-state index contributed by atoms with van der Waals surface area (Å²) >= 11 is 11.5. The van der Waals surface area contributed by atoms with E-state index >= 15 is 0 Å². The summed E-state index contributed by atoms with van der Waals surface area (Å²) < 4.78 is 0. The zero-order valence-electron chi connectivity index (χ0n) is 10.9. The van der Waals surface area contributed by atoms with E-state index in [9.17, 15) is 15.0 Å². The monoisotopic (exact) mass is 340 g/mol. The molecule has 0 aromatic heterocycles. The molecule has 22 heavy (non-hydrogen) atoms. The number of hydrogen-bond donors (Lipinski definition) is 4. The van der Waals surface area contributed by atoms with Crippen molar-refractivity contribution >= 4 is 41.1 Å². The molecule has 0 aliphatic heterocycles. The van der Waals surface area contributed by atoms with Crippen LogP contribution in [0.25, 0.3) is 0 Å². The number of carboxylic acids is 1. The molecule has 0 heterocycles. The minimum atomic E-state index is -1.05. The molecule has 114 valence electrons. The molecule has 0 radical (unpaired) electrons. The van der Waals surface area contributed by atoms with E-state index in [1.807, 2.05) is 0 Å². The molecule has 4 N–H and O–H groups in total. The second-order valence-electron chi connectivity index (χ2n) is 4.21. The third kappa shape index (κ3) is 3.41. The van der Waals surface area contributed by atoms with E-state index in [1.165, 1.54) is 24.4 Å². The smallest absolute Gasteiger partial charge is 0.335 e. The highest BCUT2D eigenvalue weighted by molar-refractivity contribution is 6.38. The summed E-state index contributed by atoms with van der Waals surface area (Å²) in [6.07, 6.45) is 1.24. The summed E-state index contributed by atoms with van der Waals surface area (Å²) in [7, 11) is 0. The average Bonchev–Trinajstić information content (AvgIpc) is 2.50. The predicted octanol–water partition coefficient (Wildman–Crippen LogP) is 3.55. The molecule has 0 fully saturated rings. The van der Waals surface area contributed by atoms with Gasteiger partial charge in [-0.25, -0.2) is 4.79 Å². The fourth-order valence-corrected chi connectivity index (χ4v) is 2.08. The Morgan fingerprint density at radius 1 is 1.18 bits per heavy atom. The van der Waals surface area contributed by atoms with E-state index < -0.39 is 11.7 Å². The van der Waals surface area contributed by atoms with Crippen molar-refractivity contribution in [1.29, 1.82) is 0 Å². The van der Waals surface area contributed by atoms with Crippen LogP contribution < -0.4 is 5.43 Å². The second-order valence-corrected chi connectivity index (χ2v) is 5.00. The molecular weight excluding hydrogens is 331 g/mol. The van der Waals surface area contributed by atoms with Gasteiger partial charge in [0.05, 0.1) is 22.5 Å². The number of carboxylic acid groups (broad SMARTS) is 1. The van der Waals surface area contributed by atoms with Crippen molar-refractivity contribution in [3.05, 3.63) is 51.5 Å². The Morgan fingerprint density at radius 2 is 1.91 bits per heavy atom. The lowest BCUT2D eigenvalue weighted by Gasteiger charge is -2.06. The number of aromatic hydroxyl groups is 2.